The number of rotatable bonds is 5. The van der Waals surface area contributed by atoms with Crippen LogP contribution in [0.2, 0.25) is 10.0 Å². The fourth-order valence-electron chi connectivity index (χ4n) is 2.57. The standard InChI is InChI=1S/C20H16Cl2N2O2/c1-26-24-11-3-2-4-17(24)13-23-20(25)18-12-15(7-10-19(18)22)14-5-8-16(21)9-6-14/h2-12H,13H2,1H3/p+1. The monoisotopic (exact) mass is 387 g/mol. The number of nitrogens with one attached hydrogen (secondary N) is 1. The molecule has 0 atom stereocenters. The normalized spacial score (nSPS) is 10.4. The van der Waals surface area contributed by atoms with Crippen LogP contribution < -0.4 is 14.9 Å². The van der Waals surface area contributed by atoms with Crippen molar-refractivity contribution >= 4 is 29.1 Å². The van der Waals surface area contributed by atoms with E-state index in [0.29, 0.717) is 22.2 Å². The van der Waals surface area contributed by atoms with Crippen molar-refractivity contribution in [3.05, 3.63) is 88.2 Å². The summed E-state index contributed by atoms with van der Waals surface area (Å²) in [5.74, 6) is -0.252. The molecular formula is C20H17Cl2N2O2+. The van der Waals surface area contributed by atoms with E-state index in [1.807, 2.05) is 48.5 Å². The van der Waals surface area contributed by atoms with Gasteiger partial charge >= 0.3 is 0 Å². The molecule has 0 aliphatic heterocycles. The molecular weight excluding hydrogens is 371 g/mol. The molecule has 3 aromatic rings. The van der Waals surface area contributed by atoms with Crippen molar-refractivity contribution in [3.63, 3.8) is 0 Å². The summed E-state index contributed by atoms with van der Waals surface area (Å²) in [6.45, 7) is 0.314. The Morgan fingerprint density at radius 3 is 2.50 bits per heavy atom. The van der Waals surface area contributed by atoms with Gasteiger partial charge in [-0.2, -0.15) is 0 Å². The van der Waals surface area contributed by atoms with Crippen LogP contribution in [0.4, 0.5) is 0 Å². The van der Waals surface area contributed by atoms with Gasteiger partial charge in [0.05, 0.1) is 10.6 Å². The van der Waals surface area contributed by atoms with Crippen LogP contribution in [0.15, 0.2) is 66.9 Å². The molecule has 26 heavy (non-hydrogen) atoms. The Balaban J connectivity index is 1.80. The third kappa shape index (κ3) is 4.15. The molecule has 0 aliphatic rings. The number of carbonyl (C=O) groups is 1. The molecule has 0 saturated carbocycles. The lowest BCUT2D eigenvalue weighted by Crippen LogP contribution is -2.45. The van der Waals surface area contributed by atoms with E-state index >= 15 is 0 Å². The highest BCUT2D eigenvalue weighted by Crippen LogP contribution is 2.26. The minimum absolute atomic E-state index is 0.252. The number of nitrogens with zero attached hydrogens (tertiary/aromatic N) is 1. The van der Waals surface area contributed by atoms with Crippen molar-refractivity contribution < 1.29 is 14.4 Å². The van der Waals surface area contributed by atoms with E-state index < -0.39 is 0 Å². The Kier molecular flexibility index (Phi) is 5.76. The molecule has 0 radical (unpaired) electrons. The van der Waals surface area contributed by atoms with Gasteiger partial charge in [-0.3, -0.25) is 9.63 Å². The summed E-state index contributed by atoms with van der Waals surface area (Å²) >= 11 is 12.2. The topological polar surface area (TPSA) is 42.2 Å². The minimum Gasteiger partial charge on any atom is -0.342 e. The number of hydrogen-bond donors (Lipinski definition) is 1. The average Bonchev–Trinajstić information content (AvgIpc) is 2.67. The molecule has 4 nitrogen and oxygen atoms in total. The van der Waals surface area contributed by atoms with Gasteiger partial charge in [0.25, 0.3) is 11.6 Å². The number of benzene rings is 2. The van der Waals surface area contributed by atoms with Crippen LogP contribution in [0.5, 0.6) is 0 Å². The largest absolute Gasteiger partial charge is 0.342 e. The van der Waals surface area contributed by atoms with E-state index in [1.165, 1.54) is 0 Å². The van der Waals surface area contributed by atoms with Crippen LogP contribution in [0, 0.1) is 0 Å². The van der Waals surface area contributed by atoms with Crippen molar-refractivity contribution in [3.8, 4) is 11.1 Å². The number of amides is 1. The quantitative estimate of drug-likeness (QED) is 0.673. The molecule has 1 aromatic heterocycles. The smallest absolute Gasteiger partial charge is 0.253 e. The molecule has 0 fully saturated rings. The zero-order valence-electron chi connectivity index (χ0n) is 14.1. The maximum absolute atomic E-state index is 12.6. The summed E-state index contributed by atoms with van der Waals surface area (Å²) in [4.78, 5) is 17.8. The van der Waals surface area contributed by atoms with Gasteiger partial charge < -0.3 is 5.32 Å². The molecule has 0 saturated heterocycles. The van der Waals surface area contributed by atoms with Crippen molar-refractivity contribution in [2.24, 2.45) is 0 Å². The molecule has 1 heterocycles. The lowest BCUT2D eigenvalue weighted by Gasteiger charge is -2.09. The molecule has 6 heteroatoms. The maximum Gasteiger partial charge on any atom is 0.253 e. The second-order valence-corrected chi connectivity index (χ2v) is 6.43. The van der Waals surface area contributed by atoms with Gasteiger partial charge in [0.15, 0.2) is 0 Å². The summed E-state index contributed by atoms with van der Waals surface area (Å²) in [6.07, 6.45) is 1.77. The first-order valence-corrected chi connectivity index (χ1v) is 8.72. The molecule has 1 N–H and O–H groups in total. The number of aromatic nitrogens is 1. The highest BCUT2D eigenvalue weighted by Gasteiger charge is 2.15. The first-order chi connectivity index (χ1) is 12.6. The van der Waals surface area contributed by atoms with Gasteiger partial charge in [0.2, 0.25) is 6.20 Å². The molecule has 3 rings (SSSR count). The number of halogens is 2. The summed E-state index contributed by atoms with van der Waals surface area (Å²) in [5.41, 5.74) is 3.08. The van der Waals surface area contributed by atoms with E-state index in [2.05, 4.69) is 5.32 Å². The summed E-state index contributed by atoms with van der Waals surface area (Å²) in [7, 11) is 1.57. The fraction of sp³-hybridized carbons (Fsp3) is 0.100. The van der Waals surface area contributed by atoms with Gasteiger partial charge in [-0.15, -0.1) is 0 Å². The van der Waals surface area contributed by atoms with Crippen LogP contribution in [0.3, 0.4) is 0 Å². The van der Waals surface area contributed by atoms with E-state index in [9.17, 15) is 4.79 Å². The first kappa shape index (κ1) is 18.2. The molecule has 1 amide bonds. The summed E-state index contributed by atoms with van der Waals surface area (Å²) < 4.78 is 1.59. The van der Waals surface area contributed by atoms with E-state index in [-0.39, 0.29) is 5.91 Å². The molecule has 0 spiro atoms. The minimum atomic E-state index is -0.252. The van der Waals surface area contributed by atoms with E-state index in [0.717, 1.165) is 16.8 Å². The predicted molar refractivity (Wildman–Crippen MR) is 102 cm³/mol. The number of hydrogen-bond acceptors (Lipinski definition) is 2. The fourth-order valence-corrected chi connectivity index (χ4v) is 2.90. The van der Waals surface area contributed by atoms with E-state index in [1.54, 1.807) is 30.2 Å². The second-order valence-electron chi connectivity index (χ2n) is 5.58. The Hall–Kier alpha value is -2.56. The van der Waals surface area contributed by atoms with Crippen LogP contribution in [-0.4, -0.2) is 13.0 Å². The van der Waals surface area contributed by atoms with Crippen molar-refractivity contribution in [2.45, 2.75) is 6.54 Å². The Morgan fingerprint density at radius 1 is 1.04 bits per heavy atom. The zero-order valence-corrected chi connectivity index (χ0v) is 15.6. The zero-order chi connectivity index (χ0) is 18.5. The highest BCUT2D eigenvalue weighted by atomic mass is 35.5. The SMILES string of the molecule is CO[n+]1ccccc1CNC(=O)c1cc(-c2ccc(Cl)cc2)ccc1Cl. The summed E-state index contributed by atoms with van der Waals surface area (Å²) in [5, 5.41) is 3.93. The molecule has 2 aromatic carbocycles. The molecule has 0 aliphatic carbocycles. The lowest BCUT2D eigenvalue weighted by atomic mass is 10.0. The van der Waals surface area contributed by atoms with Gasteiger partial charge in [0, 0.05) is 21.9 Å². The average molecular weight is 388 g/mol. The third-order valence-corrected chi connectivity index (χ3v) is 4.50. The van der Waals surface area contributed by atoms with Crippen molar-refractivity contribution in [1.82, 2.24) is 5.32 Å². The second kappa shape index (κ2) is 8.21. The van der Waals surface area contributed by atoms with E-state index in [4.69, 9.17) is 28.0 Å². The van der Waals surface area contributed by atoms with Crippen LogP contribution in [0.1, 0.15) is 16.1 Å². The highest BCUT2D eigenvalue weighted by molar-refractivity contribution is 6.34. The van der Waals surface area contributed by atoms with Crippen LogP contribution >= 0.6 is 23.2 Å². The summed E-state index contributed by atoms with van der Waals surface area (Å²) in [6, 6.07) is 18.4. The Labute approximate surface area is 161 Å². The first-order valence-electron chi connectivity index (χ1n) is 7.96. The third-order valence-electron chi connectivity index (χ3n) is 3.92. The lowest BCUT2D eigenvalue weighted by molar-refractivity contribution is -0.890. The van der Waals surface area contributed by atoms with Crippen molar-refractivity contribution in [1.29, 1.82) is 0 Å². The predicted octanol–water partition coefficient (Wildman–Crippen LogP) is 3.94. The van der Waals surface area contributed by atoms with Gasteiger partial charge in [0.1, 0.15) is 13.7 Å². The Morgan fingerprint density at radius 2 is 1.77 bits per heavy atom. The number of pyridine rings is 1. The Bertz CT molecular complexity index is 927. The van der Waals surface area contributed by atoms with Crippen molar-refractivity contribution in [2.75, 3.05) is 7.11 Å². The van der Waals surface area contributed by atoms with Gasteiger partial charge in [-0.1, -0.05) is 41.4 Å². The maximum atomic E-state index is 12.6. The van der Waals surface area contributed by atoms with Crippen LogP contribution in [-0.2, 0) is 6.54 Å². The molecule has 132 valence electrons. The van der Waals surface area contributed by atoms with Gasteiger partial charge in [-0.25, -0.2) is 0 Å². The van der Waals surface area contributed by atoms with Crippen LogP contribution in [0.25, 0.3) is 11.1 Å². The number of carbonyl (C=O) groups excluding carboxylic acids is 1. The molecule has 0 unspecified atom stereocenters. The molecule has 0 bridgehead atoms. The van der Waals surface area contributed by atoms with Gasteiger partial charge in [-0.05, 0) is 41.5 Å².